The molecule has 0 saturated carbocycles. The summed E-state index contributed by atoms with van der Waals surface area (Å²) < 4.78 is 5.51. The molecule has 0 aliphatic carbocycles. The van der Waals surface area contributed by atoms with Gasteiger partial charge in [0, 0.05) is 25.2 Å². The number of nitrogens with one attached hydrogen (secondary N) is 1. The lowest BCUT2D eigenvalue weighted by atomic mass is 10.0. The number of likely N-dealkylation sites (tertiary alicyclic amines) is 1. The Morgan fingerprint density at radius 3 is 2.79 bits per heavy atom. The highest BCUT2D eigenvalue weighted by Gasteiger charge is 2.24. The van der Waals surface area contributed by atoms with Gasteiger partial charge in [0.15, 0.2) is 5.96 Å². The molecular formula is C18H30N4O2. The lowest BCUT2D eigenvalue weighted by Gasteiger charge is -2.26. The Labute approximate surface area is 145 Å². The maximum Gasteiger partial charge on any atom is 0.194 e. The number of aliphatic imine (C=N–C) groups is 1. The van der Waals surface area contributed by atoms with Gasteiger partial charge in [0.1, 0.15) is 5.75 Å². The van der Waals surface area contributed by atoms with E-state index in [9.17, 15) is 5.11 Å². The van der Waals surface area contributed by atoms with E-state index in [0.717, 1.165) is 36.8 Å². The van der Waals surface area contributed by atoms with Gasteiger partial charge in [-0.15, -0.1) is 0 Å². The van der Waals surface area contributed by atoms with Crippen molar-refractivity contribution < 1.29 is 9.84 Å². The Bertz CT molecular complexity index is 548. The highest BCUT2D eigenvalue weighted by atomic mass is 16.5. The third-order valence-electron chi connectivity index (χ3n) is 4.33. The van der Waals surface area contributed by atoms with Crippen molar-refractivity contribution in [1.82, 2.24) is 15.1 Å². The number of para-hydroxylation sites is 1. The van der Waals surface area contributed by atoms with Gasteiger partial charge in [0.05, 0.1) is 25.8 Å². The maximum absolute atomic E-state index is 9.78. The molecule has 1 aromatic rings. The van der Waals surface area contributed by atoms with Crippen LogP contribution in [0.15, 0.2) is 29.3 Å². The number of ether oxygens (including phenoxy) is 1. The van der Waals surface area contributed by atoms with E-state index >= 15 is 0 Å². The number of methoxy groups -OCH3 is 1. The molecule has 1 heterocycles. The van der Waals surface area contributed by atoms with Crippen molar-refractivity contribution in [2.45, 2.75) is 25.5 Å². The zero-order chi connectivity index (χ0) is 17.5. The van der Waals surface area contributed by atoms with Crippen molar-refractivity contribution in [3.8, 4) is 5.75 Å². The van der Waals surface area contributed by atoms with E-state index < -0.39 is 0 Å². The molecule has 0 bridgehead atoms. The fourth-order valence-electron chi connectivity index (χ4n) is 3.01. The fraction of sp³-hybridized carbons (Fsp3) is 0.611. The zero-order valence-electron chi connectivity index (χ0n) is 15.2. The molecule has 1 saturated heterocycles. The third-order valence-corrected chi connectivity index (χ3v) is 4.33. The monoisotopic (exact) mass is 334 g/mol. The molecular weight excluding hydrogens is 304 g/mol. The second-order valence-electron chi connectivity index (χ2n) is 6.30. The summed E-state index contributed by atoms with van der Waals surface area (Å²) in [5.41, 5.74) is 1.13. The average Bonchev–Trinajstić information content (AvgIpc) is 3.00. The van der Waals surface area contributed by atoms with Crippen LogP contribution in [-0.4, -0.2) is 74.4 Å². The van der Waals surface area contributed by atoms with Gasteiger partial charge in [-0.25, -0.2) is 0 Å². The Hall–Kier alpha value is -1.79. The predicted octanol–water partition coefficient (Wildman–Crippen LogP) is 1.33. The zero-order valence-corrected chi connectivity index (χ0v) is 15.2. The Balaban J connectivity index is 2.19. The van der Waals surface area contributed by atoms with Crippen molar-refractivity contribution in [2.75, 3.05) is 47.4 Å². The second kappa shape index (κ2) is 8.89. The van der Waals surface area contributed by atoms with Gasteiger partial charge >= 0.3 is 0 Å². The largest absolute Gasteiger partial charge is 0.496 e. The van der Waals surface area contributed by atoms with Crippen molar-refractivity contribution in [3.05, 3.63) is 29.8 Å². The van der Waals surface area contributed by atoms with Gasteiger partial charge in [-0.1, -0.05) is 18.2 Å². The van der Waals surface area contributed by atoms with Crippen LogP contribution in [0.2, 0.25) is 0 Å². The molecule has 134 valence electrons. The number of β-amino-alcohol motifs (C(OH)–C–C–N with tert-alkyl or cyclic N) is 1. The summed E-state index contributed by atoms with van der Waals surface area (Å²) in [5, 5.41) is 13.1. The van der Waals surface area contributed by atoms with E-state index in [4.69, 9.17) is 9.73 Å². The number of benzene rings is 1. The summed E-state index contributed by atoms with van der Waals surface area (Å²) in [7, 11) is 5.81. The molecule has 1 aliphatic heterocycles. The first-order chi connectivity index (χ1) is 11.6. The van der Waals surface area contributed by atoms with Gasteiger partial charge in [0.25, 0.3) is 0 Å². The van der Waals surface area contributed by atoms with Crippen LogP contribution < -0.4 is 10.1 Å². The standard InChI is InChI=1S/C18H30N4O2/c1-5-19-18(22-11-10-14(23)13-22)20-12-16(21(2)3)15-8-6-7-9-17(15)24-4/h6-9,14,16,23H,5,10-13H2,1-4H3,(H,19,20)/t14-,16?/m1/s1. The Kier molecular flexibility index (Phi) is 6.87. The molecule has 1 aliphatic rings. The van der Waals surface area contributed by atoms with Crippen molar-refractivity contribution >= 4 is 5.96 Å². The highest BCUT2D eigenvalue weighted by Crippen LogP contribution is 2.28. The summed E-state index contributed by atoms with van der Waals surface area (Å²) >= 11 is 0. The molecule has 2 N–H and O–H groups in total. The fourth-order valence-corrected chi connectivity index (χ4v) is 3.01. The average molecular weight is 334 g/mol. The van der Waals surface area contributed by atoms with Crippen LogP contribution in [-0.2, 0) is 0 Å². The number of hydrogen-bond acceptors (Lipinski definition) is 4. The number of likely N-dealkylation sites (N-methyl/N-ethyl adjacent to an activating group) is 1. The van der Waals surface area contributed by atoms with Crippen LogP contribution in [0.1, 0.15) is 24.9 Å². The molecule has 6 heteroatoms. The van der Waals surface area contributed by atoms with E-state index in [1.165, 1.54) is 0 Å². The Morgan fingerprint density at radius 1 is 1.46 bits per heavy atom. The molecule has 2 atom stereocenters. The predicted molar refractivity (Wildman–Crippen MR) is 97.6 cm³/mol. The van der Waals surface area contributed by atoms with Crippen molar-refractivity contribution in [3.63, 3.8) is 0 Å². The van der Waals surface area contributed by atoms with Gasteiger partial charge < -0.3 is 25.0 Å². The summed E-state index contributed by atoms with van der Waals surface area (Å²) in [6.07, 6.45) is 0.543. The first-order valence-corrected chi connectivity index (χ1v) is 8.57. The van der Waals surface area contributed by atoms with Crippen LogP contribution in [0.4, 0.5) is 0 Å². The minimum atomic E-state index is -0.257. The number of rotatable bonds is 6. The van der Waals surface area contributed by atoms with Gasteiger partial charge in [-0.2, -0.15) is 0 Å². The molecule has 6 nitrogen and oxygen atoms in total. The number of aliphatic hydroxyl groups excluding tert-OH is 1. The van der Waals surface area contributed by atoms with Crippen LogP contribution in [0, 0.1) is 0 Å². The first kappa shape index (κ1) is 18.5. The highest BCUT2D eigenvalue weighted by molar-refractivity contribution is 5.80. The SMILES string of the molecule is CCNC(=NCC(c1ccccc1OC)N(C)C)N1CC[C@@H](O)C1. The summed E-state index contributed by atoms with van der Waals surface area (Å²) in [6, 6.07) is 8.21. The lowest BCUT2D eigenvalue weighted by Crippen LogP contribution is -2.41. The normalized spacial score (nSPS) is 19.7. The Morgan fingerprint density at radius 2 is 2.21 bits per heavy atom. The minimum absolute atomic E-state index is 0.127. The number of guanidine groups is 1. The van der Waals surface area contributed by atoms with Gasteiger partial charge in [-0.3, -0.25) is 4.99 Å². The number of nitrogens with zero attached hydrogens (tertiary/aromatic N) is 3. The van der Waals surface area contributed by atoms with Crippen LogP contribution in [0.5, 0.6) is 5.75 Å². The molecule has 0 aromatic heterocycles. The third kappa shape index (κ3) is 4.61. The molecule has 1 unspecified atom stereocenters. The summed E-state index contributed by atoms with van der Waals surface area (Å²) in [4.78, 5) is 9.11. The van der Waals surface area contributed by atoms with Crippen molar-refractivity contribution in [2.24, 2.45) is 4.99 Å². The van der Waals surface area contributed by atoms with E-state index in [-0.39, 0.29) is 12.1 Å². The lowest BCUT2D eigenvalue weighted by molar-refractivity contribution is 0.187. The van der Waals surface area contributed by atoms with Crippen LogP contribution in [0.25, 0.3) is 0 Å². The summed E-state index contributed by atoms with van der Waals surface area (Å²) in [6.45, 7) is 4.99. The topological polar surface area (TPSA) is 60.3 Å². The van der Waals surface area contributed by atoms with Crippen LogP contribution >= 0.6 is 0 Å². The van der Waals surface area contributed by atoms with E-state index in [1.807, 2.05) is 18.2 Å². The molecule has 1 fully saturated rings. The van der Waals surface area contributed by atoms with Gasteiger partial charge in [0.2, 0.25) is 0 Å². The maximum atomic E-state index is 9.78. The van der Waals surface area contributed by atoms with E-state index in [1.54, 1.807) is 7.11 Å². The van der Waals surface area contributed by atoms with E-state index in [0.29, 0.717) is 13.1 Å². The quantitative estimate of drug-likeness (QED) is 0.607. The molecule has 2 rings (SSSR count). The van der Waals surface area contributed by atoms with Gasteiger partial charge in [-0.05, 0) is 33.5 Å². The smallest absolute Gasteiger partial charge is 0.194 e. The first-order valence-electron chi connectivity index (χ1n) is 8.57. The molecule has 1 aromatic carbocycles. The molecule has 24 heavy (non-hydrogen) atoms. The minimum Gasteiger partial charge on any atom is -0.496 e. The molecule has 0 amide bonds. The molecule has 0 spiro atoms. The van der Waals surface area contributed by atoms with Crippen molar-refractivity contribution in [1.29, 1.82) is 0 Å². The second-order valence-corrected chi connectivity index (χ2v) is 6.30. The molecule has 0 radical (unpaired) electrons. The van der Waals surface area contributed by atoms with Crippen LogP contribution in [0.3, 0.4) is 0 Å². The van der Waals surface area contributed by atoms with E-state index in [2.05, 4.69) is 42.2 Å². The number of aliphatic hydroxyl groups is 1. The number of hydrogen-bond donors (Lipinski definition) is 2. The summed E-state index contributed by atoms with van der Waals surface area (Å²) in [5.74, 6) is 1.75.